The van der Waals surface area contributed by atoms with Gasteiger partial charge in [-0.25, -0.2) is 0 Å². The van der Waals surface area contributed by atoms with Crippen LogP contribution in [-0.2, 0) is 14.9 Å². The lowest BCUT2D eigenvalue weighted by Gasteiger charge is -2.28. The molecule has 21 heavy (non-hydrogen) atoms. The number of esters is 1. The highest BCUT2D eigenvalue weighted by atomic mass is 16.5. The lowest BCUT2D eigenvalue weighted by atomic mass is 9.79. The van der Waals surface area contributed by atoms with Crippen LogP contribution in [0, 0.1) is 0 Å². The predicted molar refractivity (Wildman–Crippen MR) is 83.2 cm³/mol. The average molecular weight is 287 g/mol. The van der Waals surface area contributed by atoms with Crippen molar-refractivity contribution >= 4 is 5.97 Å². The lowest BCUT2D eigenvalue weighted by molar-refractivity contribution is -0.152. The van der Waals surface area contributed by atoms with Crippen molar-refractivity contribution in [3.63, 3.8) is 0 Å². The van der Waals surface area contributed by atoms with Crippen LogP contribution >= 0.6 is 0 Å². The number of ether oxygens (including phenoxy) is 1. The molecule has 3 nitrogen and oxygen atoms in total. The van der Waals surface area contributed by atoms with E-state index in [-0.39, 0.29) is 5.97 Å². The second kappa shape index (κ2) is 6.18. The molecule has 1 aromatic carbocycles. The molecule has 0 bridgehead atoms. The Bertz CT molecular complexity index is 479. The molecule has 1 atom stereocenters. The highest BCUT2D eigenvalue weighted by Crippen LogP contribution is 2.42. The minimum Gasteiger partial charge on any atom is -0.463 e. The minimum atomic E-state index is -0.390. The normalized spacial score (nSPS) is 25.1. The lowest BCUT2D eigenvalue weighted by Crippen LogP contribution is -2.38. The Balaban J connectivity index is 1.71. The van der Waals surface area contributed by atoms with Crippen LogP contribution in [0.2, 0.25) is 0 Å². The van der Waals surface area contributed by atoms with Gasteiger partial charge in [0, 0.05) is 6.04 Å². The molecule has 3 heteroatoms. The first-order valence-corrected chi connectivity index (χ1v) is 8.15. The zero-order valence-corrected chi connectivity index (χ0v) is 12.9. The topological polar surface area (TPSA) is 29.5 Å². The van der Waals surface area contributed by atoms with E-state index in [2.05, 4.69) is 24.1 Å². The number of rotatable bonds is 4. The number of benzene rings is 1. The molecule has 2 fully saturated rings. The quantitative estimate of drug-likeness (QED) is 0.797. The maximum atomic E-state index is 12.8. The van der Waals surface area contributed by atoms with Crippen LogP contribution in [0.5, 0.6) is 0 Å². The maximum absolute atomic E-state index is 12.8. The van der Waals surface area contributed by atoms with Gasteiger partial charge in [0.2, 0.25) is 0 Å². The summed E-state index contributed by atoms with van der Waals surface area (Å²) in [7, 11) is 2.12. The van der Waals surface area contributed by atoms with Crippen LogP contribution in [0.15, 0.2) is 30.3 Å². The summed E-state index contributed by atoms with van der Waals surface area (Å²) < 4.78 is 5.76. The van der Waals surface area contributed by atoms with Gasteiger partial charge in [0.15, 0.2) is 0 Å². The SMILES string of the molecule is CN1CCC[C@H]1COC(=O)C1(c2ccccc2)CCCC1. The first kappa shape index (κ1) is 14.6. The van der Waals surface area contributed by atoms with Crippen molar-refractivity contribution < 1.29 is 9.53 Å². The van der Waals surface area contributed by atoms with Gasteiger partial charge in [-0.3, -0.25) is 4.79 Å². The first-order valence-electron chi connectivity index (χ1n) is 8.15. The molecule has 1 aromatic rings. The number of nitrogens with zero attached hydrogens (tertiary/aromatic N) is 1. The highest BCUT2D eigenvalue weighted by Gasteiger charge is 2.44. The average Bonchev–Trinajstić information content (AvgIpc) is 3.16. The number of hydrogen-bond acceptors (Lipinski definition) is 3. The molecule has 0 spiro atoms. The van der Waals surface area contributed by atoms with E-state index in [9.17, 15) is 4.79 Å². The summed E-state index contributed by atoms with van der Waals surface area (Å²) in [5, 5.41) is 0. The molecule has 114 valence electrons. The third-order valence-corrected chi connectivity index (χ3v) is 5.25. The summed E-state index contributed by atoms with van der Waals surface area (Å²) >= 11 is 0. The molecule has 0 amide bonds. The van der Waals surface area contributed by atoms with E-state index in [0.717, 1.165) is 44.2 Å². The van der Waals surface area contributed by atoms with Gasteiger partial charge in [0.1, 0.15) is 6.61 Å². The number of hydrogen-bond donors (Lipinski definition) is 0. The van der Waals surface area contributed by atoms with Crippen LogP contribution < -0.4 is 0 Å². The fourth-order valence-electron chi connectivity index (χ4n) is 3.85. The zero-order valence-electron chi connectivity index (χ0n) is 12.9. The summed E-state index contributed by atoms with van der Waals surface area (Å²) in [5.74, 6) is -0.00787. The minimum absolute atomic E-state index is 0.00787. The number of carbonyl (C=O) groups is 1. The van der Waals surface area contributed by atoms with E-state index in [4.69, 9.17) is 4.74 Å². The molecule has 1 aliphatic heterocycles. The fraction of sp³-hybridized carbons (Fsp3) is 0.611. The van der Waals surface area contributed by atoms with Crippen molar-refractivity contribution in [1.82, 2.24) is 4.90 Å². The summed E-state index contributed by atoms with van der Waals surface area (Å²) in [6.07, 6.45) is 6.44. The highest BCUT2D eigenvalue weighted by molar-refractivity contribution is 5.83. The second-order valence-corrected chi connectivity index (χ2v) is 6.53. The Morgan fingerprint density at radius 1 is 1.24 bits per heavy atom. The molecule has 0 unspecified atom stereocenters. The molecule has 1 saturated heterocycles. The summed E-state index contributed by atoms with van der Waals surface area (Å²) in [5.41, 5.74) is 0.741. The Kier molecular flexibility index (Phi) is 4.29. The largest absolute Gasteiger partial charge is 0.463 e. The monoisotopic (exact) mass is 287 g/mol. The number of likely N-dealkylation sites (tertiary alicyclic amines) is 1. The predicted octanol–water partition coefficient (Wildman–Crippen LogP) is 3.14. The molecule has 1 saturated carbocycles. The van der Waals surface area contributed by atoms with E-state index in [0.29, 0.717) is 12.6 Å². The molecule has 1 aliphatic carbocycles. The van der Waals surface area contributed by atoms with Crippen molar-refractivity contribution in [2.24, 2.45) is 0 Å². The molecule has 2 aliphatic rings. The van der Waals surface area contributed by atoms with Gasteiger partial charge in [-0.05, 0) is 44.8 Å². The molecule has 0 radical (unpaired) electrons. The van der Waals surface area contributed by atoms with E-state index < -0.39 is 5.41 Å². The zero-order chi connectivity index (χ0) is 14.7. The van der Waals surface area contributed by atoms with Crippen molar-refractivity contribution in [3.8, 4) is 0 Å². The van der Waals surface area contributed by atoms with Crippen molar-refractivity contribution in [2.45, 2.75) is 50.0 Å². The van der Waals surface area contributed by atoms with Crippen LogP contribution in [0.3, 0.4) is 0 Å². The number of likely N-dealkylation sites (N-methyl/N-ethyl adjacent to an activating group) is 1. The van der Waals surface area contributed by atoms with Crippen LogP contribution in [-0.4, -0.2) is 37.1 Å². The molecule has 1 heterocycles. The van der Waals surface area contributed by atoms with Gasteiger partial charge in [-0.1, -0.05) is 43.2 Å². The fourth-order valence-corrected chi connectivity index (χ4v) is 3.85. The molecule has 0 aromatic heterocycles. The Labute approximate surface area is 127 Å². The first-order chi connectivity index (χ1) is 10.2. The smallest absolute Gasteiger partial charge is 0.316 e. The van der Waals surface area contributed by atoms with Crippen molar-refractivity contribution in [1.29, 1.82) is 0 Å². The van der Waals surface area contributed by atoms with E-state index in [1.54, 1.807) is 0 Å². The van der Waals surface area contributed by atoms with Gasteiger partial charge in [-0.2, -0.15) is 0 Å². The van der Waals surface area contributed by atoms with Gasteiger partial charge in [0.05, 0.1) is 5.41 Å². The Hall–Kier alpha value is -1.35. The third kappa shape index (κ3) is 2.84. The van der Waals surface area contributed by atoms with Gasteiger partial charge in [0.25, 0.3) is 0 Å². The molecule has 3 rings (SSSR count). The number of carbonyl (C=O) groups excluding carboxylic acids is 1. The van der Waals surface area contributed by atoms with Gasteiger partial charge in [-0.15, -0.1) is 0 Å². The van der Waals surface area contributed by atoms with Crippen LogP contribution in [0.25, 0.3) is 0 Å². The van der Waals surface area contributed by atoms with E-state index in [1.807, 2.05) is 18.2 Å². The Morgan fingerprint density at radius 3 is 2.57 bits per heavy atom. The third-order valence-electron chi connectivity index (χ3n) is 5.25. The van der Waals surface area contributed by atoms with E-state index >= 15 is 0 Å². The molecular weight excluding hydrogens is 262 g/mol. The van der Waals surface area contributed by atoms with Gasteiger partial charge >= 0.3 is 5.97 Å². The van der Waals surface area contributed by atoms with Crippen molar-refractivity contribution in [3.05, 3.63) is 35.9 Å². The molecular formula is C18H25NO2. The van der Waals surface area contributed by atoms with Crippen molar-refractivity contribution in [2.75, 3.05) is 20.2 Å². The Morgan fingerprint density at radius 2 is 1.95 bits per heavy atom. The summed E-state index contributed by atoms with van der Waals surface area (Å²) in [6.45, 7) is 1.66. The standard InChI is InChI=1S/C18H25NO2/c1-19-13-7-10-16(19)14-21-17(20)18(11-5-6-12-18)15-8-3-2-4-9-15/h2-4,8-9,16H,5-7,10-14H2,1H3/t16-/m0/s1. The van der Waals surface area contributed by atoms with E-state index in [1.165, 1.54) is 6.42 Å². The van der Waals surface area contributed by atoms with Crippen LogP contribution in [0.1, 0.15) is 44.1 Å². The summed E-state index contributed by atoms with van der Waals surface area (Å²) in [4.78, 5) is 15.1. The molecule has 0 N–H and O–H groups in total. The maximum Gasteiger partial charge on any atom is 0.316 e. The second-order valence-electron chi connectivity index (χ2n) is 6.53. The van der Waals surface area contributed by atoms with Crippen LogP contribution in [0.4, 0.5) is 0 Å². The summed E-state index contributed by atoms with van der Waals surface area (Å²) in [6, 6.07) is 10.6. The van der Waals surface area contributed by atoms with Gasteiger partial charge < -0.3 is 9.64 Å².